The lowest BCUT2D eigenvalue weighted by atomic mass is 10.2. The summed E-state index contributed by atoms with van der Waals surface area (Å²) in [5.74, 6) is 0.739. The van der Waals surface area contributed by atoms with E-state index < -0.39 is 6.17 Å². The average molecular weight is 157 g/mol. The Hall–Kier alpha value is -0.900. The number of hydrogen-bond acceptors (Lipinski definition) is 2. The molecule has 1 unspecified atom stereocenters. The van der Waals surface area contributed by atoms with Crippen LogP contribution in [0.5, 0.6) is 0 Å². The minimum atomic E-state index is -0.976. The van der Waals surface area contributed by atoms with E-state index in [9.17, 15) is 4.39 Å². The molecule has 62 valence electrons. The average Bonchev–Trinajstić information content (AvgIpc) is 2.37. The molecule has 0 saturated heterocycles. The second-order valence-corrected chi connectivity index (χ2v) is 2.49. The Kier molecular flexibility index (Phi) is 2.59. The van der Waals surface area contributed by atoms with Crippen LogP contribution < -0.4 is 5.73 Å². The minimum absolute atomic E-state index is 0.0624. The van der Waals surface area contributed by atoms with Crippen molar-refractivity contribution in [1.29, 1.82) is 0 Å². The standard InChI is InChI=1S/C7H12FN3/c1-11-3-2-10-7(11)4-6(8)5-9/h2-3,6H,4-5,9H2,1H3. The van der Waals surface area contributed by atoms with Gasteiger partial charge in [-0.2, -0.15) is 0 Å². The Morgan fingerprint density at radius 1 is 1.82 bits per heavy atom. The van der Waals surface area contributed by atoms with E-state index in [2.05, 4.69) is 4.98 Å². The molecule has 0 bridgehead atoms. The number of rotatable bonds is 3. The molecule has 1 heterocycles. The van der Waals surface area contributed by atoms with Crippen molar-refractivity contribution in [3.05, 3.63) is 18.2 Å². The lowest BCUT2D eigenvalue weighted by molar-refractivity contribution is 0.333. The second-order valence-electron chi connectivity index (χ2n) is 2.49. The Morgan fingerprint density at radius 2 is 2.55 bits per heavy atom. The Balaban J connectivity index is 2.56. The molecule has 0 amide bonds. The van der Waals surface area contributed by atoms with Crippen LogP contribution in [-0.4, -0.2) is 22.3 Å². The van der Waals surface area contributed by atoms with Crippen molar-refractivity contribution < 1.29 is 4.39 Å². The van der Waals surface area contributed by atoms with E-state index in [1.54, 1.807) is 17.0 Å². The summed E-state index contributed by atoms with van der Waals surface area (Å²) in [6, 6.07) is 0. The highest BCUT2D eigenvalue weighted by atomic mass is 19.1. The van der Waals surface area contributed by atoms with Crippen LogP contribution in [-0.2, 0) is 13.5 Å². The SMILES string of the molecule is Cn1ccnc1CC(F)CN. The molecule has 0 fully saturated rings. The summed E-state index contributed by atoms with van der Waals surface area (Å²) in [5.41, 5.74) is 5.13. The van der Waals surface area contributed by atoms with E-state index in [1.165, 1.54) is 0 Å². The van der Waals surface area contributed by atoms with Gasteiger partial charge in [-0.3, -0.25) is 0 Å². The second kappa shape index (κ2) is 3.48. The maximum Gasteiger partial charge on any atom is 0.119 e. The minimum Gasteiger partial charge on any atom is -0.338 e. The number of aromatic nitrogens is 2. The number of nitrogens with zero attached hydrogens (tertiary/aromatic N) is 2. The van der Waals surface area contributed by atoms with E-state index in [0.717, 1.165) is 5.82 Å². The molecular weight excluding hydrogens is 145 g/mol. The molecular formula is C7H12FN3. The zero-order chi connectivity index (χ0) is 8.27. The maximum atomic E-state index is 12.7. The molecule has 1 atom stereocenters. The van der Waals surface area contributed by atoms with Crippen LogP contribution in [0.3, 0.4) is 0 Å². The molecule has 4 heteroatoms. The van der Waals surface area contributed by atoms with E-state index in [4.69, 9.17) is 5.73 Å². The maximum absolute atomic E-state index is 12.7. The summed E-state index contributed by atoms with van der Waals surface area (Å²) < 4.78 is 14.5. The third-order valence-corrected chi connectivity index (χ3v) is 1.58. The van der Waals surface area contributed by atoms with Crippen LogP contribution in [0.15, 0.2) is 12.4 Å². The van der Waals surface area contributed by atoms with Crippen LogP contribution in [0.25, 0.3) is 0 Å². The van der Waals surface area contributed by atoms with Gasteiger partial charge < -0.3 is 10.3 Å². The first kappa shape index (κ1) is 8.20. The van der Waals surface area contributed by atoms with Crippen LogP contribution in [0, 0.1) is 0 Å². The molecule has 1 rings (SSSR count). The van der Waals surface area contributed by atoms with Gasteiger partial charge in [0.05, 0.1) is 0 Å². The fraction of sp³-hybridized carbons (Fsp3) is 0.571. The number of halogens is 1. The Bertz CT molecular complexity index is 221. The van der Waals surface area contributed by atoms with Crippen LogP contribution >= 0.6 is 0 Å². The zero-order valence-electron chi connectivity index (χ0n) is 6.50. The molecule has 0 aromatic carbocycles. The van der Waals surface area contributed by atoms with Gasteiger partial charge in [0, 0.05) is 32.4 Å². The first-order chi connectivity index (χ1) is 5.24. The van der Waals surface area contributed by atoms with Crippen molar-refractivity contribution >= 4 is 0 Å². The summed E-state index contributed by atoms with van der Waals surface area (Å²) in [4.78, 5) is 3.97. The first-order valence-electron chi connectivity index (χ1n) is 3.54. The van der Waals surface area contributed by atoms with Crippen molar-refractivity contribution in [1.82, 2.24) is 9.55 Å². The quantitative estimate of drug-likeness (QED) is 0.684. The van der Waals surface area contributed by atoms with Gasteiger partial charge >= 0.3 is 0 Å². The van der Waals surface area contributed by atoms with Gasteiger partial charge in [-0.1, -0.05) is 0 Å². The van der Waals surface area contributed by atoms with Crippen molar-refractivity contribution in [3.8, 4) is 0 Å². The van der Waals surface area contributed by atoms with E-state index in [-0.39, 0.29) is 6.54 Å². The molecule has 2 N–H and O–H groups in total. The number of hydrogen-bond donors (Lipinski definition) is 1. The van der Waals surface area contributed by atoms with Crippen molar-refractivity contribution in [2.24, 2.45) is 12.8 Å². The largest absolute Gasteiger partial charge is 0.338 e. The predicted molar refractivity (Wildman–Crippen MR) is 40.9 cm³/mol. The smallest absolute Gasteiger partial charge is 0.119 e. The molecule has 1 aromatic rings. The highest BCUT2D eigenvalue weighted by Crippen LogP contribution is 2.01. The van der Waals surface area contributed by atoms with Crippen LogP contribution in [0.1, 0.15) is 5.82 Å². The fourth-order valence-corrected chi connectivity index (χ4v) is 0.875. The zero-order valence-corrected chi connectivity index (χ0v) is 6.50. The van der Waals surface area contributed by atoms with E-state index in [1.807, 2.05) is 7.05 Å². The van der Waals surface area contributed by atoms with Crippen molar-refractivity contribution in [2.75, 3.05) is 6.54 Å². The molecule has 1 aromatic heterocycles. The summed E-state index contributed by atoms with van der Waals surface area (Å²) in [5, 5.41) is 0. The highest BCUT2D eigenvalue weighted by molar-refractivity contribution is 4.93. The topological polar surface area (TPSA) is 43.8 Å². The lowest BCUT2D eigenvalue weighted by Crippen LogP contribution is -2.19. The Morgan fingerprint density at radius 3 is 3.00 bits per heavy atom. The van der Waals surface area contributed by atoms with Crippen molar-refractivity contribution in [2.45, 2.75) is 12.6 Å². The van der Waals surface area contributed by atoms with Gasteiger partial charge in [0.15, 0.2) is 0 Å². The summed E-state index contributed by atoms with van der Waals surface area (Å²) in [6.45, 7) is 0.0624. The van der Waals surface area contributed by atoms with Gasteiger partial charge in [-0.25, -0.2) is 9.37 Å². The molecule has 11 heavy (non-hydrogen) atoms. The van der Waals surface area contributed by atoms with E-state index in [0.29, 0.717) is 6.42 Å². The van der Waals surface area contributed by atoms with Gasteiger partial charge in [0.1, 0.15) is 12.0 Å². The third kappa shape index (κ3) is 2.01. The van der Waals surface area contributed by atoms with Crippen LogP contribution in [0.4, 0.5) is 4.39 Å². The predicted octanol–water partition coefficient (Wildman–Crippen LogP) is 0.259. The monoisotopic (exact) mass is 157 g/mol. The number of alkyl halides is 1. The number of nitrogens with two attached hydrogens (primary N) is 1. The summed E-state index contributed by atoms with van der Waals surface area (Å²) in [6.07, 6.45) is 2.77. The van der Waals surface area contributed by atoms with Gasteiger partial charge in [0.2, 0.25) is 0 Å². The fourth-order valence-electron chi connectivity index (χ4n) is 0.875. The van der Waals surface area contributed by atoms with E-state index >= 15 is 0 Å². The number of imidazole rings is 1. The lowest BCUT2D eigenvalue weighted by Gasteiger charge is -2.03. The molecule has 3 nitrogen and oxygen atoms in total. The molecule has 0 aliphatic carbocycles. The normalized spacial score (nSPS) is 13.4. The molecule has 0 spiro atoms. The molecule has 0 radical (unpaired) electrons. The van der Waals surface area contributed by atoms with Crippen LogP contribution in [0.2, 0.25) is 0 Å². The van der Waals surface area contributed by atoms with Gasteiger partial charge in [-0.15, -0.1) is 0 Å². The summed E-state index contributed by atoms with van der Waals surface area (Å²) in [7, 11) is 1.84. The molecule has 0 aliphatic rings. The highest BCUT2D eigenvalue weighted by Gasteiger charge is 2.07. The first-order valence-corrected chi connectivity index (χ1v) is 3.54. The summed E-state index contributed by atoms with van der Waals surface area (Å²) >= 11 is 0. The van der Waals surface area contributed by atoms with Gasteiger partial charge in [0.25, 0.3) is 0 Å². The number of aryl methyl sites for hydroxylation is 1. The van der Waals surface area contributed by atoms with Crippen molar-refractivity contribution in [3.63, 3.8) is 0 Å². The molecule has 0 aliphatic heterocycles. The Labute approximate surface area is 65.0 Å². The van der Waals surface area contributed by atoms with Gasteiger partial charge in [-0.05, 0) is 0 Å². The molecule has 0 saturated carbocycles. The third-order valence-electron chi connectivity index (χ3n) is 1.58.